The van der Waals surface area contributed by atoms with Crippen molar-refractivity contribution in [1.82, 2.24) is 0 Å². The van der Waals surface area contributed by atoms with Crippen LogP contribution in [0.15, 0.2) is 186 Å². The van der Waals surface area contributed by atoms with Crippen LogP contribution in [0, 0.1) is 0 Å². The Balaban J connectivity index is 1.12. The van der Waals surface area contributed by atoms with E-state index in [1.165, 1.54) is 49.7 Å². The van der Waals surface area contributed by atoms with Gasteiger partial charge in [-0.3, -0.25) is 0 Å². The summed E-state index contributed by atoms with van der Waals surface area (Å²) in [5, 5.41) is 4.64. The van der Waals surface area contributed by atoms with E-state index in [9.17, 15) is 0 Å². The zero-order chi connectivity index (χ0) is 33.2. The quantitative estimate of drug-likeness (QED) is 0.186. The van der Waals surface area contributed by atoms with Crippen molar-refractivity contribution >= 4 is 49.8 Å². The van der Waals surface area contributed by atoms with E-state index in [-0.39, 0.29) is 5.41 Å². The van der Waals surface area contributed by atoms with Gasteiger partial charge in [-0.2, -0.15) is 0 Å². The van der Waals surface area contributed by atoms with Gasteiger partial charge in [0.1, 0.15) is 11.2 Å². The second kappa shape index (κ2) is 11.1. The number of hydrogen-bond donors (Lipinski definition) is 0. The van der Waals surface area contributed by atoms with Crippen LogP contribution in [0.25, 0.3) is 55.0 Å². The SMILES string of the molecule is CC1(c2ccc3c(c2)oc2cc(N(c4ccc(-c5ccccc5)cc4)c4cccc5ccccc45)ccc23)c2ccccc2-c2ccccc21. The summed E-state index contributed by atoms with van der Waals surface area (Å²) in [7, 11) is 0. The Bertz CT molecular complexity index is 2670. The van der Waals surface area contributed by atoms with E-state index in [1.807, 2.05) is 0 Å². The number of fused-ring (bicyclic) bond motifs is 7. The van der Waals surface area contributed by atoms with Crippen LogP contribution in [0.2, 0.25) is 0 Å². The molecule has 236 valence electrons. The second-order valence-electron chi connectivity index (χ2n) is 13.5. The van der Waals surface area contributed by atoms with Gasteiger partial charge in [-0.15, -0.1) is 0 Å². The molecule has 50 heavy (non-hydrogen) atoms. The largest absolute Gasteiger partial charge is 0.456 e. The van der Waals surface area contributed by atoms with E-state index in [1.54, 1.807) is 0 Å². The molecule has 0 atom stereocenters. The summed E-state index contributed by atoms with van der Waals surface area (Å²) in [6.07, 6.45) is 0. The van der Waals surface area contributed by atoms with Crippen molar-refractivity contribution < 1.29 is 4.42 Å². The first-order valence-electron chi connectivity index (χ1n) is 17.3. The average Bonchev–Trinajstić information content (AvgIpc) is 3.68. The predicted molar refractivity (Wildman–Crippen MR) is 209 cm³/mol. The standard InChI is InChI=1S/C48H33NO/c1-48(43-19-9-7-17-39(43)40-18-8-10-20-44(40)48)35-24-28-41-42-29-27-37(31-47(42)50-46(41)30-35)49(45-21-11-15-34-14-5-6-16-38(34)45)36-25-22-33(23-26-36)32-12-3-2-4-13-32/h2-31H,1H3. The van der Waals surface area contributed by atoms with Gasteiger partial charge in [0.15, 0.2) is 0 Å². The Labute approximate surface area is 291 Å². The molecule has 0 unspecified atom stereocenters. The molecule has 0 radical (unpaired) electrons. The Morgan fingerprint density at radius 2 is 1.02 bits per heavy atom. The van der Waals surface area contributed by atoms with Crippen molar-refractivity contribution in [3.8, 4) is 22.3 Å². The van der Waals surface area contributed by atoms with Crippen LogP contribution in [-0.2, 0) is 5.41 Å². The van der Waals surface area contributed by atoms with Crippen molar-refractivity contribution in [2.45, 2.75) is 12.3 Å². The Morgan fingerprint density at radius 1 is 0.440 bits per heavy atom. The van der Waals surface area contributed by atoms with E-state index in [0.29, 0.717) is 0 Å². The summed E-state index contributed by atoms with van der Waals surface area (Å²) in [4.78, 5) is 2.35. The lowest BCUT2D eigenvalue weighted by molar-refractivity contribution is 0.662. The van der Waals surface area contributed by atoms with Crippen molar-refractivity contribution in [3.63, 3.8) is 0 Å². The zero-order valence-corrected chi connectivity index (χ0v) is 27.7. The third-order valence-corrected chi connectivity index (χ3v) is 10.8. The summed E-state index contributed by atoms with van der Waals surface area (Å²) >= 11 is 0. The molecule has 0 spiro atoms. The van der Waals surface area contributed by atoms with Crippen LogP contribution in [0.1, 0.15) is 23.6 Å². The Morgan fingerprint density at radius 3 is 1.78 bits per heavy atom. The van der Waals surface area contributed by atoms with E-state index < -0.39 is 0 Å². The topological polar surface area (TPSA) is 16.4 Å². The van der Waals surface area contributed by atoms with Gasteiger partial charge >= 0.3 is 0 Å². The summed E-state index contributed by atoms with van der Waals surface area (Å²) < 4.78 is 6.77. The predicted octanol–water partition coefficient (Wildman–Crippen LogP) is 13.2. The number of nitrogens with zero attached hydrogens (tertiary/aromatic N) is 1. The van der Waals surface area contributed by atoms with Gasteiger partial charge in [0.05, 0.1) is 5.69 Å². The van der Waals surface area contributed by atoms with Gasteiger partial charge in [-0.25, -0.2) is 0 Å². The molecule has 1 aromatic heterocycles. The molecule has 2 heteroatoms. The lowest BCUT2D eigenvalue weighted by atomic mass is 9.74. The molecule has 0 saturated heterocycles. The fourth-order valence-corrected chi connectivity index (χ4v) is 8.24. The van der Waals surface area contributed by atoms with Gasteiger partial charge in [-0.05, 0) is 87.7 Å². The number of furan rings is 1. The normalized spacial score (nSPS) is 13.1. The first-order valence-corrected chi connectivity index (χ1v) is 17.3. The highest BCUT2D eigenvalue weighted by atomic mass is 16.3. The number of hydrogen-bond acceptors (Lipinski definition) is 2. The fourth-order valence-electron chi connectivity index (χ4n) is 8.24. The third-order valence-electron chi connectivity index (χ3n) is 10.8. The van der Waals surface area contributed by atoms with Crippen LogP contribution in [-0.4, -0.2) is 0 Å². The highest BCUT2D eigenvalue weighted by molar-refractivity contribution is 6.07. The smallest absolute Gasteiger partial charge is 0.137 e. The molecule has 0 aliphatic heterocycles. The van der Waals surface area contributed by atoms with Crippen LogP contribution in [0.5, 0.6) is 0 Å². The van der Waals surface area contributed by atoms with Crippen LogP contribution < -0.4 is 4.90 Å². The molecule has 2 nitrogen and oxygen atoms in total. The minimum Gasteiger partial charge on any atom is -0.456 e. The van der Waals surface area contributed by atoms with Crippen LogP contribution >= 0.6 is 0 Å². The van der Waals surface area contributed by atoms with Crippen molar-refractivity contribution in [2.24, 2.45) is 0 Å². The van der Waals surface area contributed by atoms with E-state index in [4.69, 9.17) is 4.42 Å². The van der Waals surface area contributed by atoms with Gasteiger partial charge in [-0.1, -0.05) is 140 Å². The Kier molecular flexibility index (Phi) is 6.34. The maximum atomic E-state index is 6.77. The molecule has 1 heterocycles. The number of rotatable bonds is 5. The third kappa shape index (κ3) is 4.28. The molecule has 0 saturated carbocycles. The van der Waals surface area contributed by atoms with Crippen LogP contribution in [0.4, 0.5) is 17.1 Å². The first kappa shape index (κ1) is 28.6. The van der Waals surface area contributed by atoms with Crippen molar-refractivity contribution in [2.75, 3.05) is 4.90 Å². The second-order valence-corrected chi connectivity index (χ2v) is 13.5. The van der Waals surface area contributed by atoms with Crippen molar-refractivity contribution in [1.29, 1.82) is 0 Å². The van der Waals surface area contributed by atoms with Gasteiger partial charge in [0.2, 0.25) is 0 Å². The zero-order valence-electron chi connectivity index (χ0n) is 27.7. The van der Waals surface area contributed by atoms with Gasteiger partial charge in [0.25, 0.3) is 0 Å². The van der Waals surface area contributed by atoms with E-state index in [2.05, 4.69) is 194 Å². The molecule has 0 N–H and O–H groups in total. The molecule has 1 aliphatic rings. The minimum atomic E-state index is -0.275. The molecule has 0 fully saturated rings. The first-order chi connectivity index (χ1) is 24.7. The van der Waals surface area contributed by atoms with E-state index in [0.717, 1.165) is 39.0 Å². The highest BCUT2D eigenvalue weighted by Gasteiger charge is 2.40. The average molecular weight is 640 g/mol. The molecule has 9 aromatic rings. The molecule has 0 amide bonds. The maximum Gasteiger partial charge on any atom is 0.137 e. The summed E-state index contributed by atoms with van der Waals surface area (Å²) in [6, 6.07) is 65.6. The monoisotopic (exact) mass is 639 g/mol. The lowest BCUT2D eigenvalue weighted by Crippen LogP contribution is -2.22. The molecule has 1 aliphatic carbocycles. The maximum absolute atomic E-state index is 6.77. The Hall–Kier alpha value is -6.38. The molecular formula is C48H33NO. The molecule has 10 rings (SSSR count). The van der Waals surface area contributed by atoms with E-state index >= 15 is 0 Å². The lowest BCUT2D eigenvalue weighted by Gasteiger charge is -2.28. The molecule has 8 aromatic carbocycles. The van der Waals surface area contributed by atoms with Gasteiger partial charge < -0.3 is 9.32 Å². The molecule has 0 bridgehead atoms. The van der Waals surface area contributed by atoms with Gasteiger partial charge in [0, 0.05) is 39.0 Å². The summed E-state index contributed by atoms with van der Waals surface area (Å²) in [5.74, 6) is 0. The fraction of sp³-hybridized carbons (Fsp3) is 0.0417. The summed E-state index contributed by atoms with van der Waals surface area (Å²) in [5.41, 5.74) is 13.7. The van der Waals surface area contributed by atoms with Crippen LogP contribution in [0.3, 0.4) is 0 Å². The van der Waals surface area contributed by atoms with Crippen molar-refractivity contribution in [3.05, 3.63) is 199 Å². The minimum absolute atomic E-state index is 0.275. The number of anilines is 3. The summed E-state index contributed by atoms with van der Waals surface area (Å²) in [6.45, 7) is 2.35. The highest BCUT2D eigenvalue weighted by Crippen LogP contribution is 2.53. The number of benzene rings is 8. The molecular weight excluding hydrogens is 607 g/mol.